The second kappa shape index (κ2) is 7.86. The van der Waals surface area contributed by atoms with E-state index >= 15 is 0 Å². The van der Waals surface area contributed by atoms with E-state index in [9.17, 15) is 0 Å². The van der Waals surface area contributed by atoms with Crippen LogP contribution in [0.1, 0.15) is 5.56 Å². The van der Waals surface area contributed by atoms with Gasteiger partial charge in [-0.15, -0.1) is 0 Å². The second-order valence-corrected chi connectivity index (χ2v) is 4.82. The van der Waals surface area contributed by atoms with E-state index in [-0.39, 0.29) is 12.6 Å². The SMILES string of the molecule is C=NC(N)=Nc1cccc(CSN(C)CCO)c1. The maximum Gasteiger partial charge on any atom is 0.219 e. The zero-order valence-corrected chi connectivity index (χ0v) is 11.2. The molecule has 5 nitrogen and oxygen atoms in total. The lowest BCUT2D eigenvalue weighted by Gasteiger charge is -2.13. The Balaban J connectivity index is 2.62. The van der Waals surface area contributed by atoms with Gasteiger partial charge in [-0.05, 0) is 31.5 Å². The van der Waals surface area contributed by atoms with Gasteiger partial charge in [-0.3, -0.25) is 4.31 Å². The highest BCUT2D eigenvalue weighted by atomic mass is 32.2. The van der Waals surface area contributed by atoms with Crippen LogP contribution in [0, 0.1) is 0 Å². The number of rotatable bonds is 6. The van der Waals surface area contributed by atoms with E-state index in [0.717, 1.165) is 17.0 Å². The quantitative estimate of drug-likeness (QED) is 0.464. The Morgan fingerprint density at radius 3 is 3.00 bits per heavy atom. The average molecular weight is 266 g/mol. The molecule has 0 amide bonds. The van der Waals surface area contributed by atoms with E-state index in [1.165, 1.54) is 0 Å². The molecule has 0 bridgehead atoms. The number of likely N-dealkylation sites (N-methyl/N-ethyl adjacent to an activating group) is 1. The molecule has 0 aliphatic carbocycles. The molecule has 0 atom stereocenters. The lowest BCUT2D eigenvalue weighted by molar-refractivity contribution is 0.273. The van der Waals surface area contributed by atoms with Gasteiger partial charge in [-0.2, -0.15) is 0 Å². The van der Waals surface area contributed by atoms with Gasteiger partial charge in [0, 0.05) is 12.3 Å². The summed E-state index contributed by atoms with van der Waals surface area (Å²) < 4.78 is 2.00. The number of benzene rings is 1. The maximum atomic E-state index is 8.80. The molecule has 18 heavy (non-hydrogen) atoms. The van der Waals surface area contributed by atoms with Crippen LogP contribution < -0.4 is 5.73 Å². The van der Waals surface area contributed by atoms with Crippen molar-refractivity contribution in [2.45, 2.75) is 5.75 Å². The third kappa shape index (κ3) is 5.31. The molecular formula is C12H18N4OS. The molecule has 0 unspecified atom stereocenters. The number of hydrogen-bond donors (Lipinski definition) is 2. The second-order valence-electron chi connectivity index (χ2n) is 3.65. The number of aliphatic imine (C=N–C) groups is 2. The van der Waals surface area contributed by atoms with E-state index in [2.05, 4.69) is 16.7 Å². The summed E-state index contributed by atoms with van der Waals surface area (Å²) in [4.78, 5) is 7.65. The zero-order valence-electron chi connectivity index (χ0n) is 10.4. The van der Waals surface area contributed by atoms with Gasteiger partial charge < -0.3 is 10.8 Å². The monoisotopic (exact) mass is 266 g/mol. The van der Waals surface area contributed by atoms with Crippen molar-refractivity contribution < 1.29 is 5.11 Å². The Bertz CT molecular complexity index is 422. The van der Waals surface area contributed by atoms with Crippen LogP contribution in [0.3, 0.4) is 0 Å². The van der Waals surface area contributed by atoms with Crippen LogP contribution >= 0.6 is 11.9 Å². The summed E-state index contributed by atoms with van der Waals surface area (Å²) in [6, 6.07) is 7.77. The molecular weight excluding hydrogens is 248 g/mol. The third-order valence-electron chi connectivity index (χ3n) is 2.18. The number of nitrogens with two attached hydrogens (primary N) is 1. The highest BCUT2D eigenvalue weighted by Crippen LogP contribution is 2.20. The molecule has 1 aromatic carbocycles. The summed E-state index contributed by atoms with van der Waals surface area (Å²) in [6.07, 6.45) is 0. The van der Waals surface area contributed by atoms with Gasteiger partial charge in [-0.1, -0.05) is 24.1 Å². The topological polar surface area (TPSA) is 74.2 Å². The summed E-state index contributed by atoms with van der Waals surface area (Å²) in [5.41, 5.74) is 7.40. The van der Waals surface area contributed by atoms with Crippen molar-refractivity contribution >= 4 is 30.3 Å². The van der Waals surface area contributed by atoms with Crippen LogP contribution in [-0.4, -0.2) is 42.3 Å². The maximum absolute atomic E-state index is 8.80. The van der Waals surface area contributed by atoms with Crippen LogP contribution in [0.15, 0.2) is 34.3 Å². The Hall–Kier alpha value is -1.37. The highest BCUT2D eigenvalue weighted by Gasteiger charge is 2.00. The van der Waals surface area contributed by atoms with Gasteiger partial charge >= 0.3 is 0 Å². The first kappa shape index (κ1) is 14.7. The lowest BCUT2D eigenvalue weighted by atomic mass is 10.2. The summed E-state index contributed by atoms with van der Waals surface area (Å²) in [5.74, 6) is 0.985. The standard InChI is InChI=1S/C12H18N4OS/c1-14-12(13)15-11-5-3-4-10(8-11)9-18-16(2)6-7-17/h3-5,8,17H,1,6-7,9H2,2H3,(H2,13,15). The Morgan fingerprint density at radius 1 is 1.56 bits per heavy atom. The van der Waals surface area contributed by atoms with E-state index in [1.807, 2.05) is 35.6 Å². The fourth-order valence-corrected chi connectivity index (χ4v) is 2.03. The molecule has 6 heteroatoms. The molecule has 0 spiro atoms. The molecule has 0 heterocycles. The van der Waals surface area contributed by atoms with Crippen molar-refractivity contribution in [1.29, 1.82) is 0 Å². The van der Waals surface area contributed by atoms with E-state index < -0.39 is 0 Å². The van der Waals surface area contributed by atoms with Crippen molar-refractivity contribution in [3.8, 4) is 0 Å². The van der Waals surface area contributed by atoms with Gasteiger partial charge in [0.1, 0.15) is 0 Å². The number of guanidine groups is 1. The first-order valence-electron chi connectivity index (χ1n) is 5.50. The van der Waals surface area contributed by atoms with Crippen LogP contribution in [0.25, 0.3) is 0 Å². The van der Waals surface area contributed by atoms with Gasteiger partial charge in [-0.25, -0.2) is 9.98 Å². The molecule has 0 saturated heterocycles. The predicted octanol–water partition coefficient (Wildman–Crippen LogP) is 1.41. The van der Waals surface area contributed by atoms with Crippen molar-refractivity contribution in [3.63, 3.8) is 0 Å². The van der Waals surface area contributed by atoms with Gasteiger partial charge in [0.2, 0.25) is 5.96 Å². The fourth-order valence-electron chi connectivity index (χ4n) is 1.27. The summed E-state index contributed by atoms with van der Waals surface area (Å²) >= 11 is 1.65. The fraction of sp³-hybridized carbons (Fsp3) is 0.333. The molecule has 0 aromatic heterocycles. The minimum Gasteiger partial charge on any atom is -0.395 e. The number of aliphatic hydroxyl groups excluding tert-OH is 1. The van der Waals surface area contributed by atoms with Crippen molar-refractivity contribution in [2.75, 3.05) is 20.2 Å². The van der Waals surface area contributed by atoms with Crippen LogP contribution in [0.2, 0.25) is 0 Å². The Labute approximate surface area is 112 Å². The summed E-state index contributed by atoms with van der Waals surface area (Å²) in [7, 11) is 1.95. The molecule has 0 saturated carbocycles. The van der Waals surface area contributed by atoms with E-state index in [1.54, 1.807) is 11.9 Å². The minimum atomic E-state index is 0.162. The van der Waals surface area contributed by atoms with Gasteiger partial charge in [0.25, 0.3) is 0 Å². The molecule has 0 aliphatic heterocycles. The van der Waals surface area contributed by atoms with Crippen molar-refractivity contribution in [2.24, 2.45) is 15.7 Å². The number of aliphatic hydroxyl groups is 1. The van der Waals surface area contributed by atoms with Gasteiger partial charge in [0.05, 0.1) is 12.3 Å². The molecule has 98 valence electrons. The van der Waals surface area contributed by atoms with Crippen LogP contribution in [0.4, 0.5) is 5.69 Å². The summed E-state index contributed by atoms with van der Waals surface area (Å²) in [5, 5.41) is 8.80. The normalized spacial score (nSPS) is 11.8. The first-order chi connectivity index (χ1) is 8.65. The lowest BCUT2D eigenvalue weighted by Crippen LogP contribution is -2.14. The highest BCUT2D eigenvalue weighted by molar-refractivity contribution is 7.96. The average Bonchev–Trinajstić information content (AvgIpc) is 2.37. The van der Waals surface area contributed by atoms with Crippen LogP contribution in [-0.2, 0) is 5.75 Å². The van der Waals surface area contributed by atoms with E-state index in [4.69, 9.17) is 10.8 Å². The number of hydrogen-bond acceptors (Lipinski definition) is 4. The Kier molecular flexibility index (Phi) is 6.42. The molecule has 0 radical (unpaired) electrons. The molecule has 1 aromatic rings. The first-order valence-corrected chi connectivity index (χ1v) is 6.44. The molecule has 3 N–H and O–H groups in total. The van der Waals surface area contributed by atoms with Crippen molar-refractivity contribution in [1.82, 2.24) is 4.31 Å². The minimum absolute atomic E-state index is 0.162. The Morgan fingerprint density at radius 2 is 2.33 bits per heavy atom. The number of nitrogens with zero attached hydrogens (tertiary/aromatic N) is 3. The van der Waals surface area contributed by atoms with E-state index in [0.29, 0.717) is 6.54 Å². The molecule has 0 fully saturated rings. The van der Waals surface area contributed by atoms with Crippen LogP contribution in [0.5, 0.6) is 0 Å². The van der Waals surface area contributed by atoms with Crippen molar-refractivity contribution in [3.05, 3.63) is 29.8 Å². The smallest absolute Gasteiger partial charge is 0.219 e. The largest absolute Gasteiger partial charge is 0.395 e. The summed E-state index contributed by atoms with van der Waals surface area (Å²) in [6.45, 7) is 4.13. The molecule has 0 aliphatic rings. The molecule has 1 rings (SSSR count). The predicted molar refractivity (Wildman–Crippen MR) is 78.3 cm³/mol. The third-order valence-corrected chi connectivity index (χ3v) is 3.27. The zero-order chi connectivity index (χ0) is 13.4. The van der Waals surface area contributed by atoms with Gasteiger partial charge in [0.15, 0.2) is 0 Å².